The maximum Gasteiger partial charge on any atom is 0.225 e. The zero-order valence-corrected chi connectivity index (χ0v) is 14.3. The van der Waals surface area contributed by atoms with E-state index in [2.05, 4.69) is 47.7 Å². The van der Waals surface area contributed by atoms with E-state index in [4.69, 9.17) is 10.5 Å². The average molecular weight is 305 g/mol. The lowest BCUT2D eigenvalue weighted by atomic mass is 9.48. The third-order valence-corrected chi connectivity index (χ3v) is 5.27. The molecule has 2 N–H and O–H groups in total. The SMILES string of the molecule is COc1cc(N2C[C@@H]3C(C)(C)C[C@]3(CN(C)C)C2)nc(N)n1. The van der Waals surface area contributed by atoms with Gasteiger partial charge >= 0.3 is 0 Å². The molecule has 1 aliphatic heterocycles. The minimum absolute atomic E-state index is 0.273. The van der Waals surface area contributed by atoms with Gasteiger partial charge in [-0.15, -0.1) is 0 Å². The van der Waals surface area contributed by atoms with Gasteiger partial charge < -0.3 is 20.3 Å². The van der Waals surface area contributed by atoms with Crippen LogP contribution in [0.3, 0.4) is 0 Å². The average Bonchev–Trinajstić information content (AvgIpc) is 2.71. The molecule has 2 aliphatic rings. The quantitative estimate of drug-likeness (QED) is 0.909. The van der Waals surface area contributed by atoms with Crippen molar-refractivity contribution in [3.05, 3.63) is 6.07 Å². The van der Waals surface area contributed by atoms with E-state index in [1.807, 2.05) is 6.07 Å². The number of rotatable bonds is 4. The van der Waals surface area contributed by atoms with E-state index in [1.54, 1.807) is 7.11 Å². The van der Waals surface area contributed by atoms with E-state index in [1.165, 1.54) is 6.42 Å². The second kappa shape index (κ2) is 4.98. The third-order valence-electron chi connectivity index (χ3n) is 5.27. The molecule has 0 amide bonds. The molecule has 0 radical (unpaired) electrons. The van der Waals surface area contributed by atoms with E-state index in [9.17, 15) is 0 Å². The molecule has 1 aliphatic carbocycles. The van der Waals surface area contributed by atoms with Gasteiger partial charge in [0.05, 0.1) is 7.11 Å². The topological polar surface area (TPSA) is 67.5 Å². The largest absolute Gasteiger partial charge is 0.481 e. The van der Waals surface area contributed by atoms with Crippen molar-refractivity contribution in [3.8, 4) is 5.88 Å². The standard InChI is InChI=1S/C16H27N5O/c1-15(2)8-16(9-20(3)4)10-21(7-11(15)16)12-6-13(22-5)19-14(17)18-12/h6,11H,7-10H2,1-5H3,(H2,17,18,19)/t11-,16+/m1/s1. The summed E-state index contributed by atoms with van der Waals surface area (Å²) in [6, 6.07) is 1.89. The molecule has 2 heterocycles. The van der Waals surface area contributed by atoms with Crippen LogP contribution in [0.25, 0.3) is 0 Å². The summed E-state index contributed by atoms with van der Waals surface area (Å²) in [7, 11) is 5.92. The fourth-order valence-electron chi connectivity index (χ4n) is 4.84. The van der Waals surface area contributed by atoms with E-state index in [0.29, 0.717) is 22.6 Å². The van der Waals surface area contributed by atoms with Gasteiger partial charge in [0.25, 0.3) is 0 Å². The van der Waals surface area contributed by atoms with Gasteiger partial charge in [0, 0.05) is 31.1 Å². The van der Waals surface area contributed by atoms with Gasteiger partial charge in [-0.2, -0.15) is 9.97 Å². The van der Waals surface area contributed by atoms with Gasteiger partial charge in [-0.25, -0.2) is 0 Å². The lowest BCUT2D eigenvalue weighted by molar-refractivity contribution is -0.0787. The molecule has 1 saturated heterocycles. The van der Waals surface area contributed by atoms with Crippen molar-refractivity contribution in [2.45, 2.75) is 20.3 Å². The highest BCUT2D eigenvalue weighted by Crippen LogP contribution is 2.63. The molecular weight excluding hydrogens is 278 g/mol. The van der Waals surface area contributed by atoms with Crippen molar-refractivity contribution < 1.29 is 4.74 Å². The van der Waals surface area contributed by atoms with Gasteiger partial charge in [-0.05, 0) is 31.8 Å². The first-order valence-electron chi connectivity index (χ1n) is 7.84. The Bertz CT molecular complexity index is 570. The molecule has 0 bridgehead atoms. The Morgan fingerprint density at radius 3 is 2.73 bits per heavy atom. The summed E-state index contributed by atoms with van der Waals surface area (Å²) in [6.45, 7) is 7.93. The molecule has 2 fully saturated rings. The molecule has 22 heavy (non-hydrogen) atoms. The van der Waals surface area contributed by atoms with Crippen molar-refractivity contribution in [2.24, 2.45) is 16.7 Å². The van der Waals surface area contributed by atoms with Crippen LogP contribution in [0.2, 0.25) is 0 Å². The summed E-state index contributed by atoms with van der Waals surface area (Å²) < 4.78 is 5.23. The molecule has 3 rings (SSSR count). The second-order valence-corrected chi connectivity index (χ2v) is 7.83. The first-order valence-corrected chi connectivity index (χ1v) is 7.84. The van der Waals surface area contributed by atoms with Crippen LogP contribution in [0, 0.1) is 16.7 Å². The number of nitrogens with two attached hydrogens (primary N) is 1. The lowest BCUT2D eigenvalue weighted by Crippen LogP contribution is -2.57. The van der Waals surface area contributed by atoms with E-state index in [-0.39, 0.29) is 5.95 Å². The van der Waals surface area contributed by atoms with E-state index >= 15 is 0 Å². The fourth-order valence-corrected chi connectivity index (χ4v) is 4.84. The predicted molar refractivity (Wildman–Crippen MR) is 88.1 cm³/mol. The number of nitrogen functional groups attached to an aromatic ring is 1. The highest BCUT2D eigenvalue weighted by atomic mass is 16.5. The number of hydrogen-bond acceptors (Lipinski definition) is 6. The highest BCUT2D eigenvalue weighted by molar-refractivity contribution is 5.48. The van der Waals surface area contributed by atoms with Crippen molar-refractivity contribution in [3.63, 3.8) is 0 Å². The molecule has 0 unspecified atom stereocenters. The van der Waals surface area contributed by atoms with Crippen LogP contribution in [0.15, 0.2) is 6.07 Å². The number of aromatic nitrogens is 2. The van der Waals surface area contributed by atoms with Crippen molar-refractivity contribution in [1.82, 2.24) is 14.9 Å². The van der Waals surface area contributed by atoms with E-state index < -0.39 is 0 Å². The Hall–Kier alpha value is -1.56. The highest BCUT2D eigenvalue weighted by Gasteiger charge is 2.62. The molecule has 6 heteroatoms. The number of hydrogen-bond donors (Lipinski definition) is 1. The van der Waals surface area contributed by atoms with Crippen molar-refractivity contribution in [2.75, 3.05) is 51.5 Å². The molecule has 1 aromatic heterocycles. The van der Waals surface area contributed by atoms with Crippen molar-refractivity contribution >= 4 is 11.8 Å². The Balaban J connectivity index is 1.87. The number of ether oxygens (including phenoxy) is 1. The summed E-state index contributed by atoms with van der Waals surface area (Å²) in [6.07, 6.45) is 1.26. The second-order valence-electron chi connectivity index (χ2n) is 7.83. The Labute approximate surface area is 132 Å². The van der Waals surface area contributed by atoms with Gasteiger partial charge in [-0.1, -0.05) is 13.8 Å². The molecule has 2 atom stereocenters. The molecule has 0 spiro atoms. The minimum Gasteiger partial charge on any atom is -0.481 e. The van der Waals surface area contributed by atoms with Crippen LogP contribution in [-0.2, 0) is 0 Å². The van der Waals surface area contributed by atoms with Crippen LogP contribution < -0.4 is 15.4 Å². The molecule has 1 saturated carbocycles. The summed E-state index contributed by atoms with van der Waals surface area (Å²) in [5, 5.41) is 0. The van der Waals surface area contributed by atoms with Crippen LogP contribution >= 0.6 is 0 Å². The van der Waals surface area contributed by atoms with Crippen molar-refractivity contribution in [1.29, 1.82) is 0 Å². The third kappa shape index (κ3) is 2.39. The molecule has 122 valence electrons. The molecule has 1 aromatic rings. The molecular formula is C16H27N5O. The summed E-state index contributed by atoms with van der Waals surface area (Å²) in [5.41, 5.74) is 6.57. The molecule has 6 nitrogen and oxygen atoms in total. The first-order chi connectivity index (χ1) is 10.3. The maximum atomic E-state index is 5.82. The first kappa shape index (κ1) is 15.3. The van der Waals surface area contributed by atoms with E-state index in [0.717, 1.165) is 25.5 Å². The zero-order chi connectivity index (χ0) is 16.1. The van der Waals surface area contributed by atoms with Crippen LogP contribution in [0.1, 0.15) is 20.3 Å². The summed E-state index contributed by atoms with van der Waals surface area (Å²) in [4.78, 5) is 13.2. The normalized spacial score (nSPS) is 29.4. The van der Waals surface area contributed by atoms with Crippen LogP contribution in [-0.4, -0.2) is 55.7 Å². The lowest BCUT2D eigenvalue weighted by Gasteiger charge is -2.57. The van der Waals surface area contributed by atoms with Crippen LogP contribution in [0.4, 0.5) is 11.8 Å². The smallest absolute Gasteiger partial charge is 0.225 e. The number of methoxy groups -OCH3 is 1. The van der Waals surface area contributed by atoms with Crippen LogP contribution in [0.5, 0.6) is 5.88 Å². The van der Waals surface area contributed by atoms with Gasteiger partial charge in [0.15, 0.2) is 0 Å². The maximum absolute atomic E-state index is 5.82. The summed E-state index contributed by atoms with van der Waals surface area (Å²) >= 11 is 0. The van der Waals surface area contributed by atoms with Gasteiger partial charge in [0.2, 0.25) is 11.8 Å². The summed E-state index contributed by atoms with van der Waals surface area (Å²) in [5.74, 6) is 2.37. The molecule has 0 aromatic carbocycles. The fraction of sp³-hybridized carbons (Fsp3) is 0.750. The monoisotopic (exact) mass is 305 g/mol. The number of anilines is 2. The minimum atomic E-state index is 0.273. The Kier molecular flexibility index (Phi) is 3.47. The zero-order valence-electron chi connectivity index (χ0n) is 14.3. The number of nitrogens with zero attached hydrogens (tertiary/aromatic N) is 4. The van der Waals surface area contributed by atoms with Gasteiger partial charge in [-0.3, -0.25) is 0 Å². The Morgan fingerprint density at radius 2 is 2.14 bits per heavy atom. The number of fused-ring (bicyclic) bond motifs is 1. The predicted octanol–water partition coefficient (Wildman–Crippen LogP) is 1.48. The van der Waals surface area contributed by atoms with Gasteiger partial charge in [0.1, 0.15) is 5.82 Å². The Morgan fingerprint density at radius 1 is 1.41 bits per heavy atom.